The van der Waals surface area contributed by atoms with Crippen LogP contribution < -0.4 is 5.32 Å². The highest BCUT2D eigenvalue weighted by Crippen LogP contribution is 2.15. The largest absolute Gasteiger partial charge is 0.454 e. The minimum absolute atomic E-state index is 0.221. The number of anilines is 1. The van der Waals surface area contributed by atoms with E-state index >= 15 is 0 Å². The highest BCUT2D eigenvalue weighted by molar-refractivity contribution is 6.30. The standard InChI is InChI=1S/C15H13ClN4O2/c1-10-3-2-6-17-14(10)19-15(21)13-5-4-12(22-13)9-20-8-11(16)7-18-20/h2-8H,9H2,1H3,(H,17,19,21). The van der Waals surface area contributed by atoms with Crippen molar-refractivity contribution in [1.82, 2.24) is 14.8 Å². The summed E-state index contributed by atoms with van der Waals surface area (Å²) < 4.78 is 7.16. The predicted octanol–water partition coefficient (Wildman–Crippen LogP) is 3.13. The molecule has 0 saturated carbocycles. The van der Waals surface area contributed by atoms with Crippen LogP contribution in [0.5, 0.6) is 0 Å². The lowest BCUT2D eigenvalue weighted by molar-refractivity contribution is 0.0994. The van der Waals surface area contributed by atoms with Gasteiger partial charge < -0.3 is 9.73 Å². The summed E-state index contributed by atoms with van der Waals surface area (Å²) in [6.45, 7) is 2.28. The highest BCUT2D eigenvalue weighted by atomic mass is 35.5. The Bertz CT molecular complexity index is 809. The number of nitrogens with one attached hydrogen (secondary N) is 1. The van der Waals surface area contributed by atoms with Crippen molar-refractivity contribution in [1.29, 1.82) is 0 Å². The molecule has 0 bridgehead atoms. The summed E-state index contributed by atoms with van der Waals surface area (Å²) in [5.74, 6) is 1.01. The number of carbonyl (C=O) groups excluding carboxylic acids is 1. The highest BCUT2D eigenvalue weighted by Gasteiger charge is 2.13. The number of pyridine rings is 1. The van der Waals surface area contributed by atoms with Gasteiger partial charge in [0.05, 0.1) is 17.8 Å². The number of halogens is 1. The summed E-state index contributed by atoms with van der Waals surface area (Å²) in [5.41, 5.74) is 0.883. The SMILES string of the molecule is Cc1cccnc1NC(=O)c1ccc(Cn2cc(Cl)cn2)o1. The van der Waals surface area contributed by atoms with Crippen LogP contribution in [0, 0.1) is 6.92 Å². The van der Waals surface area contributed by atoms with Crippen LogP contribution in [0.4, 0.5) is 5.82 Å². The lowest BCUT2D eigenvalue weighted by Gasteiger charge is -2.04. The van der Waals surface area contributed by atoms with E-state index in [1.807, 2.05) is 19.1 Å². The van der Waals surface area contributed by atoms with Crippen molar-refractivity contribution < 1.29 is 9.21 Å². The molecule has 1 N–H and O–H groups in total. The van der Waals surface area contributed by atoms with E-state index in [1.54, 1.807) is 35.4 Å². The molecule has 0 aliphatic carbocycles. The number of aryl methyl sites for hydroxylation is 1. The van der Waals surface area contributed by atoms with Gasteiger partial charge in [0.25, 0.3) is 5.91 Å². The molecule has 7 heteroatoms. The minimum atomic E-state index is -0.341. The van der Waals surface area contributed by atoms with E-state index in [2.05, 4.69) is 15.4 Å². The van der Waals surface area contributed by atoms with E-state index in [0.717, 1.165) is 5.56 Å². The third kappa shape index (κ3) is 3.17. The maximum Gasteiger partial charge on any atom is 0.292 e. The Kier molecular flexibility index (Phi) is 3.93. The Morgan fingerprint density at radius 3 is 3.00 bits per heavy atom. The second-order valence-corrected chi connectivity index (χ2v) is 5.18. The quantitative estimate of drug-likeness (QED) is 0.802. The molecule has 0 spiro atoms. The summed E-state index contributed by atoms with van der Waals surface area (Å²) >= 11 is 5.80. The van der Waals surface area contributed by atoms with Crippen LogP contribution in [0.3, 0.4) is 0 Å². The normalized spacial score (nSPS) is 10.6. The molecular formula is C15H13ClN4O2. The fourth-order valence-corrected chi connectivity index (χ4v) is 2.11. The average molecular weight is 317 g/mol. The van der Waals surface area contributed by atoms with Crippen LogP contribution in [0.25, 0.3) is 0 Å². The van der Waals surface area contributed by atoms with Crippen LogP contribution in [-0.4, -0.2) is 20.7 Å². The molecule has 0 saturated heterocycles. The van der Waals surface area contributed by atoms with Gasteiger partial charge in [0.15, 0.2) is 5.76 Å². The van der Waals surface area contributed by atoms with Crippen LogP contribution in [-0.2, 0) is 6.54 Å². The fraction of sp³-hybridized carbons (Fsp3) is 0.133. The third-order valence-electron chi connectivity index (χ3n) is 3.05. The van der Waals surface area contributed by atoms with Crippen LogP contribution >= 0.6 is 11.6 Å². The van der Waals surface area contributed by atoms with Gasteiger partial charge in [-0.3, -0.25) is 9.48 Å². The number of amides is 1. The molecule has 6 nitrogen and oxygen atoms in total. The zero-order valence-corrected chi connectivity index (χ0v) is 12.5. The van der Waals surface area contributed by atoms with Gasteiger partial charge in [0.1, 0.15) is 11.6 Å². The molecule has 0 radical (unpaired) electrons. The van der Waals surface area contributed by atoms with Crippen molar-refractivity contribution in [3.05, 3.63) is 65.0 Å². The molecule has 3 aromatic rings. The maximum atomic E-state index is 12.1. The van der Waals surface area contributed by atoms with Crippen molar-refractivity contribution >= 4 is 23.3 Å². The first-order valence-electron chi connectivity index (χ1n) is 6.61. The summed E-state index contributed by atoms with van der Waals surface area (Å²) in [4.78, 5) is 16.3. The molecular weight excluding hydrogens is 304 g/mol. The Morgan fingerprint density at radius 2 is 2.27 bits per heavy atom. The molecule has 0 fully saturated rings. The Hall–Kier alpha value is -2.60. The van der Waals surface area contributed by atoms with Gasteiger partial charge in [-0.25, -0.2) is 4.98 Å². The van der Waals surface area contributed by atoms with Gasteiger partial charge in [0, 0.05) is 12.4 Å². The lowest BCUT2D eigenvalue weighted by atomic mass is 10.3. The number of carbonyl (C=O) groups is 1. The molecule has 1 amide bonds. The second kappa shape index (κ2) is 6.03. The van der Waals surface area contributed by atoms with Gasteiger partial charge in [0.2, 0.25) is 0 Å². The van der Waals surface area contributed by atoms with E-state index in [4.69, 9.17) is 16.0 Å². The number of aromatic nitrogens is 3. The molecule has 3 aromatic heterocycles. The van der Waals surface area contributed by atoms with Crippen molar-refractivity contribution in [2.75, 3.05) is 5.32 Å². The molecule has 22 heavy (non-hydrogen) atoms. The van der Waals surface area contributed by atoms with Crippen LogP contribution in [0.1, 0.15) is 21.9 Å². The zero-order chi connectivity index (χ0) is 15.5. The van der Waals surface area contributed by atoms with E-state index < -0.39 is 0 Å². The van der Waals surface area contributed by atoms with Crippen LogP contribution in [0.15, 0.2) is 47.3 Å². The second-order valence-electron chi connectivity index (χ2n) is 4.75. The van der Waals surface area contributed by atoms with Crippen molar-refractivity contribution in [3.8, 4) is 0 Å². The van der Waals surface area contributed by atoms with Gasteiger partial charge in [-0.1, -0.05) is 17.7 Å². The third-order valence-corrected chi connectivity index (χ3v) is 3.24. The number of rotatable bonds is 4. The maximum absolute atomic E-state index is 12.1. The molecule has 3 rings (SSSR count). The average Bonchev–Trinajstić information content (AvgIpc) is 3.11. The first-order valence-corrected chi connectivity index (χ1v) is 6.99. The molecule has 0 unspecified atom stereocenters. The minimum Gasteiger partial charge on any atom is -0.454 e. The zero-order valence-electron chi connectivity index (χ0n) is 11.8. The van der Waals surface area contributed by atoms with Gasteiger partial charge >= 0.3 is 0 Å². The van der Waals surface area contributed by atoms with Crippen molar-refractivity contribution in [3.63, 3.8) is 0 Å². The molecule has 112 valence electrons. The molecule has 0 aliphatic heterocycles. The van der Waals surface area contributed by atoms with E-state index in [-0.39, 0.29) is 11.7 Å². The molecule has 0 aromatic carbocycles. The number of furan rings is 1. The Labute approximate surface area is 131 Å². The Morgan fingerprint density at radius 1 is 1.41 bits per heavy atom. The number of hydrogen-bond acceptors (Lipinski definition) is 4. The van der Waals surface area contributed by atoms with Gasteiger partial charge in [-0.05, 0) is 30.7 Å². The summed E-state index contributed by atoms with van der Waals surface area (Å²) in [6, 6.07) is 7.03. The smallest absolute Gasteiger partial charge is 0.292 e. The summed E-state index contributed by atoms with van der Waals surface area (Å²) in [7, 11) is 0. The first-order chi connectivity index (χ1) is 10.6. The van der Waals surface area contributed by atoms with E-state index in [9.17, 15) is 4.79 Å². The number of nitrogens with zero attached hydrogens (tertiary/aromatic N) is 3. The van der Waals surface area contributed by atoms with E-state index in [0.29, 0.717) is 23.1 Å². The summed E-state index contributed by atoms with van der Waals surface area (Å²) in [6.07, 6.45) is 4.85. The van der Waals surface area contributed by atoms with Crippen molar-refractivity contribution in [2.45, 2.75) is 13.5 Å². The van der Waals surface area contributed by atoms with Crippen LogP contribution in [0.2, 0.25) is 5.02 Å². The topological polar surface area (TPSA) is 73.0 Å². The Balaban J connectivity index is 1.70. The molecule has 0 aliphatic rings. The van der Waals surface area contributed by atoms with Crippen molar-refractivity contribution in [2.24, 2.45) is 0 Å². The number of hydrogen-bond donors (Lipinski definition) is 1. The monoisotopic (exact) mass is 316 g/mol. The first kappa shape index (κ1) is 14.3. The molecule has 3 heterocycles. The van der Waals surface area contributed by atoms with E-state index in [1.165, 1.54) is 0 Å². The predicted molar refractivity (Wildman–Crippen MR) is 82.0 cm³/mol. The van der Waals surface area contributed by atoms with Gasteiger partial charge in [-0.15, -0.1) is 0 Å². The fourth-order valence-electron chi connectivity index (χ4n) is 1.96. The summed E-state index contributed by atoms with van der Waals surface area (Å²) in [5, 5.41) is 7.33. The molecule has 0 atom stereocenters. The lowest BCUT2D eigenvalue weighted by Crippen LogP contribution is -2.13. The van der Waals surface area contributed by atoms with Gasteiger partial charge in [-0.2, -0.15) is 5.10 Å².